The number of fused-ring (bicyclic) bond motifs is 4. The molecule has 0 bridgehead atoms. The zero-order valence-corrected chi connectivity index (χ0v) is 17.6. The lowest BCUT2D eigenvalue weighted by atomic mass is 10.0. The molecule has 146 valence electrons. The summed E-state index contributed by atoms with van der Waals surface area (Å²) in [6.07, 6.45) is 0. The van der Waals surface area contributed by atoms with E-state index in [4.69, 9.17) is 16.6 Å². The number of hydrogen-bond donors (Lipinski definition) is 1. The summed E-state index contributed by atoms with van der Waals surface area (Å²) < 4.78 is 0. The number of para-hydroxylation sites is 1. The summed E-state index contributed by atoms with van der Waals surface area (Å²) in [5.74, 6) is 0.668. The molecule has 0 fully saturated rings. The van der Waals surface area contributed by atoms with E-state index in [0.29, 0.717) is 5.88 Å². The van der Waals surface area contributed by atoms with Gasteiger partial charge in [0.15, 0.2) is 0 Å². The molecule has 0 spiro atoms. The van der Waals surface area contributed by atoms with Crippen molar-refractivity contribution in [3.63, 3.8) is 0 Å². The molecule has 4 aromatic rings. The van der Waals surface area contributed by atoms with Crippen LogP contribution in [0.1, 0.15) is 6.92 Å². The molecular formula is C23H25Cl2N3. The summed E-state index contributed by atoms with van der Waals surface area (Å²) in [4.78, 5) is 7.35. The second-order valence-electron chi connectivity index (χ2n) is 6.74. The van der Waals surface area contributed by atoms with Gasteiger partial charge >= 0.3 is 0 Å². The van der Waals surface area contributed by atoms with E-state index in [2.05, 4.69) is 77.8 Å². The molecule has 3 nitrogen and oxygen atoms in total. The van der Waals surface area contributed by atoms with Gasteiger partial charge in [0, 0.05) is 41.7 Å². The Bertz CT molecular complexity index is 1080. The molecule has 5 heteroatoms. The maximum absolute atomic E-state index is 5.91. The zero-order valence-electron chi connectivity index (χ0n) is 16.0. The average Bonchev–Trinajstić information content (AvgIpc) is 2.72. The van der Waals surface area contributed by atoms with Gasteiger partial charge in [0.05, 0.1) is 16.7 Å². The summed E-state index contributed by atoms with van der Waals surface area (Å²) in [5.41, 5.74) is 3.25. The van der Waals surface area contributed by atoms with Crippen molar-refractivity contribution in [1.82, 2.24) is 9.88 Å². The summed E-state index contributed by atoms with van der Waals surface area (Å²) in [6.45, 7) is 5.95. The molecule has 0 saturated heterocycles. The highest BCUT2D eigenvalue weighted by Crippen LogP contribution is 2.34. The van der Waals surface area contributed by atoms with Gasteiger partial charge in [0.2, 0.25) is 0 Å². The summed E-state index contributed by atoms with van der Waals surface area (Å²) >= 11 is 5.91. The first-order valence-electron chi connectivity index (χ1n) is 9.54. The van der Waals surface area contributed by atoms with Gasteiger partial charge in [0.25, 0.3) is 0 Å². The summed E-state index contributed by atoms with van der Waals surface area (Å²) in [7, 11) is 0. The molecule has 28 heavy (non-hydrogen) atoms. The molecule has 1 aromatic heterocycles. The Morgan fingerprint density at radius 3 is 2.43 bits per heavy atom. The van der Waals surface area contributed by atoms with Crippen LogP contribution in [0.15, 0.2) is 60.7 Å². The predicted octanol–water partition coefficient (Wildman–Crippen LogP) is 5.94. The number of benzene rings is 3. The average molecular weight is 414 g/mol. The van der Waals surface area contributed by atoms with Crippen LogP contribution in [0.5, 0.6) is 0 Å². The van der Waals surface area contributed by atoms with Gasteiger partial charge < -0.3 is 10.2 Å². The van der Waals surface area contributed by atoms with Crippen LogP contribution in [0.3, 0.4) is 0 Å². The van der Waals surface area contributed by atoms with Gasteiger partial charge in [-0.1, -0.05) is 61.5 Å². The van der Waals surface area contributed by atoms with Crippen LogP contribution < -0.4 is 5.32 Å². The van der Waals surface area contributed by atoms with Crippen molar-refractivity contribution in [1.29, 1.82) is 0 Å². The minimum Gasteiger partial charge on any atom is -0.383 e. The van der Waals surface area contributed by atoms with Crippen molar-refractivity contribution in [2.75, 3.05) is 37.4 Å². The minimum absolute atomic E-state index is 0. The fourth-order valence-electron chi connectivity index (χ4n) is 3.70. The summed E-state index contributed by atoms with van der Waals surface area (Å²) in [5, 5.41) is 8.45. The van der Waals surface area contributed by atoms with Crippen LogP contribution in [0.2, 0.25) is 0 Å². The quantitative estimate of drug-likeness (QED) is 0.231. The van der Waals surface area contributed by atoms with Gasteiger partial charge in [-0.3, -0.25) is 0 Å². The smallest absolute Gasteiger partial charge is 0.0808 e. The van der Waals surface area contributed by atoms with Gasteiger partial charge in [-0.25, -0.2) is 4.98 Å². The molecule has 0 atom stereocenters. The maximum Gasteiger partial charge on any atom is 0.0808 e. The molecule has 0 saturated carbocycles. The Hall–Kier alpha value is -2.07. The third kappa shape index (κ3) is 4.02. The van der Waals surface area contributed by atoms with Crippen molar-refractivity contribution in [2.45, 2.75) is 6.92 Å². The Morgan fingerprint density at radius 1 is 0.893 bits per heavy atom. The zero-order chi connectivity index (χ0) is 18.6. The number of hydrogen-bond acceptors (Lipinski definition) is 3. The van der Waals surface area contributed by atoms with E-state index < -0.39 is 0 Å². The highest BCUT2D eigenvalue weighted by Gasteiger charge is 2.11. The number of aromatic nitrogens is 1. The lowest BCUT2D eigenvalue weighted by molar-refractivity contribution is 0.318. The molecule has 0 unspecified atom stereocenters. The number of rotatable bonds is 7. The Labute approximate surface area is 177 Å². The van der Waals surface area contributed by atoms with Gasteiger partial charge in [-0.2, -0.15) is 0 Å². The monoisotopic (exact) mass is 413 g/mol. The Kier molecular flexibility index (Phi) is 6.95. The Morgan fingerprint density at radius 2 is 1.64 bits per heavy atom. The molecule has 0 aliphatic carbocycles. The standard InChI is InChI=1S/C23H24ClN3.ClH/c1-2-27(15-13-24)16-14-25-22-19-9-5-6-10-21(19)26-23-18-8-4-3-7-17(18)11-12-20(22)23;/h3-12H,2,13-16H2,1H3,(H,25,26);1H. The van der Waals surface area contributed by atoms with Crippen molar-refractivity contribution in [3.05, 3.63) is 60.7 Å². The van der Waals surface area contributed by atoms with E-state index in [1.807, 2.05) is 0 Å². The second-order valence-corrected chi connectivity index (χ2v) is 7.11. The number of likely N-dealkylation sites (N-methyl/N-ethyl adjacent to an activating group) is 1. The maximum atomic E-state index is 5.91. The van der Waals surface area contributed by atoms with E-state index >= 15 is 0 Å². The van der Waals surface area contributed by atoms with Crippen LogP contribution in [0.25, 0.3) is 32.6 Å². The molecule has 0 aliphatic rings. The van der Waals surface area contributed by atoms with Crippen molar-refractivity contribution in [2.24, 2.45) is 0 Å². The third-order valence-electron chi connectivity index (χ3n) is 5.15. The van der Waals surface area contributed by atoms with E-state index in [-0.39, 0.29) is 12.4 Å². The van der Waals surface area contributed by atoms with Crippen LogP contribution in [0, 0.1) is 0 Å². The largest absolute Gasteiger partial charge is 0.383 e. The first-order chi connectivity index (χ1) is 13.3. The number of alkyl halides is 1. The Balaban J connectivity index is 0.00000225. The van der Waals surface area contributed by atoms with Crippen molar-refractivity contribution < 1.29 is 0 Å². The highest BCUT2D eigenvalue weighted by atomic mass is 35.5. The van der Waals surface area contributed by atoms with Crippen molar-refractivity contribution >= 4 is 62.3 Å². The van der Waals surface area contributed by atoms with Gasteiger partial charge in [-0.15, -0.1) is 24.0 Å². The highest BCUT2D eigenvalue weighted by molar-refractivity contribution is 6.18. The molecule has 1 heterocycles. The molecule has 4 rings (SSSR count). The molecule has 3 aromatic carbocycles. The first kappa shape index (κ1) is 20.7. The van der Waals surface area contributed by atoms with Crippen LogP contribution in [-0.4, -0.2) is 41.9 Å². The van der Waals surface area contributed by atoms with E-state index in [1.165, 1.54) is 27.2 Å². The minimum atomic E-state index is 0. The second kappa shape index (κ2) is 9.42. The van der Waals surface area contributed by atoms with Crippen LogP contribution in [0.4, 0.5) is 5.69 Å². The predicted molar refractivity (Wildman–Crippen MR) is 125 cm³/mol. The molecule has 1 N–H and O–H groups in total. The topological polar surface area (TPSA) is 28.2 Å². The SMILES string of the molecule is CCN(CCCl)CCNc1c2ccccc2nc2c1ccc1ccccc12.Cl. The van der Waals surface area contributed by atoms with Gasteiger partial charge in [0.1, 0.15) is 0 Å². The van der Waals surface area contributed by atoms with E-state index in [0.717, 1.165) is 37.2 Å². The van der Waals surface area contributed by atoms with Crippen LogP contribution >= 0.6 is 24.0 Å². The van der Waals surface area contributed by atoms with Crippen molar-refractivity contribution in [3.8, 4) is 0 Å². The molecule has 0 amide bonds. The number of anilines is 1. The summed E-state index contributed by atoms with van der Waals surface area (Å²) in [6, 6.07) is 21.2. The number of halogens is 2. The number of nitrogens with zero attached hydrogens (tertiary/aromatic N) is 2. The van der Waals surface area contributed by atoms with E-state index in [1.54, 1.807) is 0 Å². The first-order valence-corrected chi connectivity index (χ1v) is 10.1. The lowest BCUT2D eigenvalue weighted by Crippen LogP contribution is -2.30. The normalized spacial score (nSPS) is 11.2. The van der Waals surface area contributed by atoms with Gasteiger partial charge in [-0.05, 0) is 18.0 Å². The molecule has 0 aliphatic heterocycles. The molecular weight excluding hydrogens is 389 g/mol. The number of nitrogens with one attached hydrogen (secondary N) is 1. The lowest BCUT2D eigenvalue weighted by Gasteiger charge is -2.20. The van der Waals surface area contributed by atoms with Crippen LogP contribution in [-0.2, 0) is 0 Å². The van der Waals surface area contributed by atoms with E-state index in [9.17, 15) is 0 Å². The fraction of sp³-hybridized carbons (Fsp3) is 0.261. The molecule has 0 radical (unpaired) electrons. The third-order valence-corrected chi connectivity index (χ3v) is 5.32. The number of pyridine rings is 1. The fourth-order valence-corrected chi connectivity index (χ4v) is 3.94.